The molecule has 5 heteroatoms. The fourth-order valence-corrected chi connectivity index (χ4v) is 4.40. The molecule has 2 N–H and O–H groups in total. The molecule has 21 heavy (non-hydrogen) atoms. The van der Waals surface area contributed by atoms with E-state index >= 15 is 0 Å². The lowest BCUT2D eigenvalue weighted by molar-refractivity contribution is -0.185. The van der Waals surface area contributed by atoms with Gasteiger partial charge >= 0.3 is 0 Å². The normalized spacial score (nSPS) is 38.7. The Kier molecular flexibility index (Phi) is 3.62. The quantitative estimate of drug-likeness (QED) is 0.768. The summed E-state index contributed by atoms with van der Waals surface area (Å²) in [4.78, 5) is 17.3. The Bertz CT molecular complexity index is 443. The van der Waals surface area contributed by atoms with E-state index in [0.29, 0.717) is 0 Å². The average molecular weight is 293 g/mol. The van der Waals surface area contributed by atoms with Gasteiger partial charge in [0.15, 0.2) is 0 Å². The number of carbonyl (C=O) groups excluding carboxylic acids is 1. The lowest BCUT2D eigenvalue weighted by Gasteiger charge is -2.62. The van der Waals surface area contributed by atoms with E-state index in [1.54, 1.807) is 0 Å². The zero-order valence-corrected chi connectivity index (χ0v) is 13.2. The van der Waals surface area contributed by atoms with Gasteiger partial charge in [0, 0.05) is 50.7 Å². The summed E-state index contributed by atoms with van der Waals surface area (Å²) in [6, 6.07) is 0. The third-order valence-corrected chi connectivity index (χ3v) is 5.85. The highest BCUT2D eigenvalue weighted by molar-refractivity contribution is 5.89. The Morgan fingerprint density at radius 1 is 1.38 bits per heavy atom. The zero-order valence-electron chi connectivity index (χ0n) is 13.2. The molecule has 3 atom stereocenters. The first-order valence-corrected chi connectivity index (χ1v) is 7.96. The van der Waals surface area contributed by atoms with Crippen LogP contribution in [0.4, 0.5) is 0 Å². The number of hydrogen-bond donors (Lipinski definition) is 1. The van der Waals surface area contributed by atoms with Gasteiger partial charge in [0.25, 0.3) is 0 Å². The number of ether oxygens (including phenoxy) is 1. The van der Waals surface area contributed by atoms with E-state index in [2.05, 4.69) is 25.3 Å². The molecule has 118 valence electrons. The maximum Gasteiger partial charge on any atom is 0.243 e. The molecule has 0 bridgehead atoms. The second kappa shape index (κ2) is 5.07. The Balaban J connectivity index is 1.69. The average Bonchev–Trinajstić information content (AvgIpc) is 2.95. The van der Waals surface area contributed by atoms with Gasteiger partial charge in [-0.1, -0.05) is 19.9 Å². The number of carbonyl (C=O) groups is 1. The fraction of sp³-hybridized carbons (Fsp3) is 0.812. The molecule has 5 nitrogen and oxygen atoms in total. The topological polar surface area (TPSA) is 58.8 Å². The number of piperazine rings is 1. The van der Waals surface area contributed by atoms with Gasteiger partial charge in [0.1, 0.15) is 5.54 Å². The van der Waals surface area contributed by atoms with Crippen LogP contribution in [0.3, 0.4) is 0 Å². The van der Waals surface area contributed by atoms with Gasteiger partial charge < -0.3 is 15.4 Å². The van der Waals surface area contributed by atoms with E-state index in [1.807, 2.05) is 11.0 Å². The van der Waals surface area contributed by atoms with E-state index in [4.69, 9.17) is 10.5 Å². The standard InChI is InChI=1S/C16H27N3O2/c1-4-6-18-7-9-19(10-8-18)14(20)16(17)12-5-11-21-13(12)15(16,2)3/h4,12-13H,1,5-11,17H2,2-3H3. The second-order valence-electron chi connectivity index (χ2n) is 7.16. The summed E-state index contributed by atoms with van der Waals surface area (Å²) in [6.45, 7) is 12.9. The number of fused-ring (bicyclic) bond motifs is 1. The largest absolute Gasteiger partial charge is 0.377 e. The van der Waals surface area contributed by atoms with E-state index in [1.165, 1.54) is 0 Å². The van der Waals surface area contributed by atoms with Crippen molar-refractivity contribution >= 4 is 5.91 Å². The number of rotatable bonds is 3. The highest BCUT2D eigenvalue weighted by Crippen LogP contribution is 2.58. The van der Waals surface area contributed by atoms with Crippen LogP contribution in [-0.2, 0) is 9.53 Å². The van der Waals surface area contributed by atoms with Crippen LogP contribution in [0.2, 0.25) is 0 Å². The molecule has 3 unspecified atom stereocenters. The van der Waals surface area contributed by atoms with Gasteiger partial charge in [-0.05, 0) is 6.42 Å². The van der Waals surface area contributed by atoms with Crippen molar-refractivity contribution in [3.8, 4) is 0 Å². The molecule has 1 amide bonds. The third kappa shape index (κ3) is 1.98. The molecule has 1 aliphatic carbocycles. The van der Waals surface area contributed by atoms with Crippen LogP contribution >= 0.6 is 0 Å². The van der Waals surface area contributed by atoms with Crippen LogP contribution in [0, 0.1) is 11.3 Å². The van der Waals surface area contributed by atoms with Crippen molar-refractivity contribution in [2.75, 3.05) is 39.3 Å². The van der Waals surface area contributed by atoms with Gasteiger partial charge in [0.05, 0.1) is 6.10 Å². The van der Waals surface area contributed by atoms with Crippen LogP contribution in [0.5, 0.6) is 0 Å². The number of nitrogens with two attached hydrogens (primary N) is 1. The van der Waals surface area contributed by atoms with Gasteiger partial charge in [-0.3, -0.25) is 9.69 Å². The maximum absolute atomic E-state index is 13.0. The molecular weight excluding hydrogens is 266 g/mol. The predicted octanol–water partition coefficient (Wildman–Crippen LogP) is 0.459. The van der Waals surface area contributed by atoms with E-state index < -0.39 is 5.54 Å². The van der Waals surface area contributed by atoms with Crippen LogP contribution < -0.4 is 5.73 Å². The minimum Gasteiger partial charge on any atom is -0.377 e. The summed E-state index contributed by atoms with van der Waals surface area (Å²) in [6.07, 6.45) is 2.97. The van der Waals surface area contributed by atoms with Crippen molar-refractivity contribution in [1.82, 2.24) is 9.80 Å². The van der Waals surface area contributed by atoms with Gasteiger partial charge in [-0.25, -0.2) is 0 Å². The van der Waals surface area contributed by atoms with Crippen LogP contribution in [0.15, 0.2) is 12.7 Å². The molecule has 0 spiro atoms. The van der Waals surface area contributed by atoms with Gasteiger partial charge in [-0.15, -0.1) is 6.58 Å². The third-order valence-electron chi connectivity index (χ3n) is 5.85. The van der Waals surface area contributed by atoms with Crippen molar-refractivity contribution in [2.24, 2.45) is 17.1 Å². The lowest BCUT2D eigenvalue weighted by atomic mass is 9.47. The summed E-state index contributed by atoms with van der Waals surface area (Å²) in [7, 11) is 0. The highest BCUT2D eigenvalue weighted by atomic mass is 16.5. The Morgan fingerprint density at radius 3 is 2.67 bits per heavy atom. The van der Waals surface area contributed by atoms with E-state index in [9.17, 15) is 4.79 Å². The smallest absolute Gasteiger partial charge is 0.243 e. The molecule has 1 saturated carbocycles. The lowest BCUT2D eigenvalue weighted by Crippen LogP contribution is -2.80. The molecule has 3 rings (SSSR count). The van der Waals surface area contributed by atoms with Crippen LogP contribution in [0.1, 0.15) is 20.3 Å². The minimum atomic E-state index is -0.755. The molecule has 0 aromatic heterocycles. The van der Waals surface area contributed by atoms with E-state index in [-0.39, 0.29) is 23.3 Å². The molecule has 0 aromatic carbocycles. The number of amides is 1. The molecule has 3 aliphatic rings. The predicted molar refractivity (Wildman–Crippen MR) is 81.8 cm³/mol. The molecular formula is C16H27N3O2. The highest BCUT2D eigenvalue weighted by Gasteiger charge is 2.71. The van der Waals surface area contributed by atoms with E-state index in [0.717, 1.165) is 45.8 Å². The molecule has 0 aromatic rings. The first-order chi connectivity index (χ1) is 9.92. The first-order valence-electron chi connectivity index (χ1n) is 7.96. The maximum atomic E-state index is 13.0. The Morgan fingerprint density at radius 2 is 2.05 bits per heavy atom. The molecule has 2 heterocycles. The summed E-state index contributed by atoms with van der Waals surface area (Å²) in [5, 5.41) is 0. The molecule has 3 fully saturated rings. The summed E-state index contributed by atoms with van der Waals surface area (Å²) in [5.41, 5.74) is 5.60. The SMILES string of the molecule is C=CCN1CCN(C(=O)C2(N)C3CCOC3C2(C)C)CC1. The van der Waals surface area contributed by atoms with Crippen molar-refractivity contribution in [3.63, 3.8) is 0 Å². The van der Waals surface area contributed by atoms with Gasteiger partial charge in [-0.2, -0.15) is 0 Å². The van der Waals surface area contributed by atoms with Crippen molar-refractivity contribution in [3.05, 3.63) is 12.7 Å². The summed E-state index contributed by atoms with van der Waals surface area (Å²) < 4.78 is 5.78. The number of nitrogens with zero attached hydrogens (tertiary/aromatic N) is 2. The number of hydrogen-bond acceptors (Lipinski definition) is 4. The van der Waals surface area contributed by atoms with Gasteiger partial charge in [0.2, 0.25) is 5.91 Å². The second-order valence-corrected chi connectivity index (χ2v) is 7.16. The minimum absolute atomic E-state index is 0.123. The summed E-state index contributed by atoms with van der Waals surface area (Å²) >= 11 is 0. The van der Waals surface area contributed by atoms with Crippen molar-refractivity contribution < 1.29 is 9.53 Å². The van der Waals surface area contributed by atoms with Crippen molar-refractivity contribution in [1.29, 1.82) is 0 Å². The summed E-state index contributed by atoms with van der Waals surface area (Å²) in [5.74, 6) is 0.309. The Labute approximate surface area is 127 Å². The first kappa shape index (κ1) is 15.0. The Hall–Kier alpha value is -0.910. The molecule has 2 saturated heterocycles. The zero-order chi connectivity index (χ0) is 15.3. The van der Waals surface area contributed by atoms with Crippen molar-refractivity contribution in [2.45, 2.75) is 31.9 Å². The monoisotopic (exact) mass is 293 g/mol. The fourth-order valence-electron chi connectivity index (χ4n) is 4.40. The molecule has 2 aliphatic heterocycles. The molecule has 0 radical (unpaired) electrons. The van der Waals surface area contributed by atoms with Crippen LogP contribution in [0.25, 0.3) is 0 Å². The van der Waals surface area contributed by atoms with Crippen LogP contribution in [-0.4, -0.2) is 66.7 Å².